The van der Waals surface area contributed by atoms with Crippen LogP contribution in [0.5, 0.6) is 5.75 Å². The highest BCUT2D eigenvalue weighted by atomic mass is 32.1. The molecule has 2 heterocycles. The van der Waals surface area contributed by atoms with E-state index in [4.69, 9.17) is 0 Å². The second-order valence-corrected chi connectivity index (χ2v) is 8.02. The number of fused-ring (bicyclic) bond motifs is 1. The minimum Gasteiger partial charge on any atom is -0.508 e. The van der Waals surface area contributed by atoms with Gasteiger partial charge in [-0.05, 0) is 29.7 Å². The Hall–Kier alpha value is -3.45. The summed E-state index contributed by atoms with van der Waals surface area (Å²) in [6.07, 6.45) is 2.57. The molecule has 0 bridgehead atoms. The standard InChI is InChI=1S/C23H21N3O3S/c1-2-18-19(15-9-6-10-16(27)12-15)20-21(24-13-25-22(20)30-18)26-17(23(28)29)11-14-7-4-3-5-8-14/h3-10,12-13,17,27H,2,11H2,1H3,(H,28,29)(H,24,25,26)/t17-/m1/s1. The van der Waals surface area contributed by atoms with Crippen molar-refractivity contribution in [1.82, 2.24) is 9.97 Å². The van der Waals surface area contributed by atoms with Crippen LogP contribution in [-0.2, 0) is 17.6 Å². The van der Waals surface area contributed by atoms with Gasteiger partial charge in [0.25, 0.3) is 0 Å². The molecular weight excluding hydrogens is 398 g/mol. The summed E-state index contributed by atoms with van der Waals surface area (Å²) in [7, 11) is 0. The zero-order valence-corrected chi connectivity index (χ0v) is 17.2. The number of rotatable bonds is 7. The molecule has 7 heteroatoms. The molecule has 4 rings (SSSR count). The summed E-state index contributed by atoms with van der Waals surface area (Å²) in [6.45, 7) is 2.06. The van der Waals surface area contributed by atoms with Crippen molar-refractivity contribution < 1.29 is 15.0 Å². The maximum atomic E-state index is 12.0. The normalized spacial score (nSPS) is 12.0. The van der Waals surface area contributed by atoms with E-state index in [9.17, 15) is 15.0 Å². The Bertz CT molecular complexity index is 1190. The van der Waals surface area contributed by atoms with Gasteiger partial charge in [0.1, 0.15) is 28.8 Å². The van der Waals surface area contributed by atoms with Crippen LogP contribution in [0.25, 0.3) is 21.3 Å². The SMILES string of the molecule is CCc1sc2ncnc(N[C@H](Cc3ccccc3)C(=O)O)c2c1-c1cccc(O)c1. The van der Waals surface area contributed by atoms with E-state index >= 15 is 0 Å². The quantitative estimate of drug-likeness (QED) is 0.401. The number of carboxylic acid groups (broad SMARTS) is 1. The summed E-state index contributed by atoms with van der Waals surface area (Å²) in [4.78, 5) is 22.7. The molecule has 0 fully saturated rings. The van der Waals surface area contributed by atoms with E-state index in [0.717, 1.165) is 38.2 Å². The van der Waals surface area contributed by atoms with Gasteiger partial charge in [-0.2, -0.15) is 0 Å². The van der Waals surface area contributed by atoms with Crippen LogP contribution in [0.3, 0.4) is 0 Å². The van der Waals surface area contributed by atoms with Gasteiger partial charge in [-0.1, -0.05) is 49.4 Å². The van der Waals surface area contributed by atoms with Gasteiger partial charge in [0.15, 0.2) is 0 Å². The molecule has 0 saturated carbocycles. The highest BCUT2D eigenvalue weighted by Gasteiger charge is 2.23. The molecule has 6 nitrogen and oxygen atoms in total. The van der Waals surface area contributed by atoms with Crippen molar-refractivity contribution in [2.75, 3.05) is 5.32 Å². The highest BCUT2D eigenvalue weighted by Crippen LogP contribution is 2.42. The highest BCUT2D eigenvalue weighted by molar-refractivity contribution is 7.19. The van der Waals surface area contributed by atoms with Gasteiger partial charge < -0.3 is 15.5 Å². The predicted molar refractivity (Wildman–Crippen MR) is 119 cm³/mol. The lowest BCUT2D eigenvalue weighted by Crippen LogP contribution is -2.32. The van der Waals surface area contributed by atoms with Crippen molar-refractivity contribution >= 4 is 33.3 Å². The number of phenols is 1. The number of hydrogen-bond acceptors (Lipinski definition) is 6. The van der Waals surface area contributed by atoms with Crippen molar-refractivity contribution in [2.45, 2.75) is 25.8 Å². The number of thiophene rings is 1. The Balaban J connectivity index is 1.80. The number of carboxylic acids is 1. The van der Waals surface area contributed by atoms with Gasteiger partial charge in [0.05, 0.1) is 5.39 Å². The van der Waals surface area contributed by atoms with Gasteiger partial charge in [-0.25, -0.2) is 14.8 Å². The Labute approximate surface area is 177 Å². The fraction of sp³-hybridized carbons (Fsp3) is 0.174. The van der Waals surface area contributed by atoms with E-state index in [1.54, 1.807) is 29.5 Å². The third-order valence-electron chi connectivity index (χ3n) is 4.91. The van der Waals surface area contributed by atoms with E-state index in [1.807, 2.05) is 36.4 Å². The molecule has 0 unspecified atom stereocenters. The molecule has 0 spiro atoms. The van der Waals surface area contributed by atoms with Gasteiger partial charge in [0.2, 0.25) is 0 Å². The molecule has 1 atom stereocenters. The second kappa shape index (κ2) is 8.51. The van der Waals surface area contributed by atoms with Crippen LogP contribution >= 0.6 is 11.3 Å². The summed E-state index contributed by atoms with van der Waals surface area (Å²) in [6, 6.07) is 15.7. The molecule has 0 saturated heterocycles. The van der Waals surface area contributed by atoms with E-state index in [1.165, 1.54) is 6.33 Å². The number of nitrogens with zero attached hydrogens (tertiary/aromatic N) is 2. The van der Waals surface area contributed by atoms with Crippen molar-refractivity contribution in [3.8, 4) is 16.9 Å². The minimum absolute atomic E-state index is 0.174. The smallest absolute Gasteiger partial charge is 0.326 e. The molecule has 152 valence electrons. The summed E-state index contributed by atoms with van der Waals surface area (Å²) in [5.41, 5.74) is 2.71. The van der Waals surface area contributed by atoms with E-state index in [-0.39, 0.29) is 5.75 Å². The van der Waals surface area contributed by atoms with Crippen LogP contribution < -0.4 is 5.32 Å². The first kappa shape index (κ1) is 19.8. The van der Waals surface area contributed by atoms with Gasteiger partial charge >= 0.3 is 5.97 Å². The average molecular weight is 420 g/mol. The van der Waals surface area contributed by atoms with Crippen LogP contribution in [0, 0.1) is 0 Å². The molecule has 0 aliphatic carbocycles. The maximum Gasteiger partial charge on any atom is 0.326 e. The molecule has 30 heavy (non-hydrogen) atoms. The third kappa shape index (κ3) is 3.97. The van der Waals surface area contributed by atoms with E-state index in [2.05, 4.69) is 22.2 Å². The number of aryl methyl sites for hydroxylation is 1. The van der Waals surface area contributed by atoms with Crippen LogP contribution in [0.2, 0.25) is 0 Å². The number of carbonyl (C=O) groups is 1. The van der Waals surface area contributed by atoms with Crippen molar-refractivity contribution in [2.24, 2.45) is 0 Å². The first-order valence-corrected chi connectivity index (χ1v) is 10.5. The molecule has 0 amide bonds. The summed E-state index contributed by atoms with van der Waals surface area (Å²) < 4.78 is 0. The van der Waals surface area contributed by atoms with Crippen LogP contribution in [0.1, 0.15) is 17.4 Å². The first-order valence-electron chi connectivity index (χ1n) is 9.66. The fourth-order valence-corrected chi connectivity index (χ4v) is 4.62. The molecule has 0 aliphatic rings. The van der Waals surface area contributed by atoms with Crippen molar-refractivity contribution in [1.29, 1.82) is 0 Å². The number of benzene rings is 2. The molecule has 4 aromatic rings. The molecular formula is C23H21N3O3S. The van der Waals surface area contributed by atoms with Crippen LogP contribution in [-0.4, -0.2) is 32.2 Å². The number of phenolic OH excluding ortho intramolecular Hbond substituents is 1. The van der Waals surface area contributed by atoms with Crippen LogP contribution in [0.15, 0.2) is 60.9 Å². The number of aliphatic carboxylic acids is 1. The topological polar surface area (TPSA) is 95.3 Å². The number of hydrogen-bond donors (Lipinski definition) is 3. The lowest BCUT2D eigenvalue weighted by molar-refractivity contribution is -0.137. The zero-order valence-electron chi connectivity index (χ0n) is 16.4. The maximum absolute atomic E-state index is 12.0. The lowest BCUT2D eigenvalue weighted by atomic mass is 10.0. The molecule has 3 N–H and O–H groups in total. The Morgan fingerprint density at radius 3 is 2.63 bits per heavy atom. The Morgan fingerprint density at radius 2 is 1.93 bits per heavy atom. The first-order chi connectivity index (χ1) is 14.6. The average Bonchev–Trinajstić information content (AvgIpc) is 3.13. The number of anilines is 1. The number of aromatic nitrogens is 2. The zero-order chi connectivity index (χ0) is 21.1. The predicted octanol–water partition coefficient (Wildman–Crippen LogP) is 4.73. The molecule has 2 aromatic carbocycles. The van der Waals surface area contributed by atoms with Crippen molar-refractivity contribution in [3.05, 3.63) is 71.4 Å². The minimum atomic E-state index is -0.949. The molecule has 2 aromatic heterocycles. The van der Waals surface area contributed by atoms with Gasteiger partial charge in [-0.3, -0.25) is 0 Å². The number of aromatic hydroxyl groups is 1. The molecule has 0 aliphatic heterocycles. The van der Waals surface area contributed by atoms with Gasteiger partial charge in [-0.15, -0.1) is 11.3 Å². The largest absolute Gasteiger partial charge is 0.508 e. The second-order valence-electron chi connectivity index (χ2n) is 6.93. The number of nitrogens with one attached hydrogen (secondary N) is 1. The van der Waals surface area contributed by atoms with Gasteiger partial charge in [0, 0.05) is 16.9 Å². The third-order valence-corrected chi connectivity index (χ3v) is 6.15. The molecule has 0 radical (unpaired) electrons. The lowest BCUT2D eigenvalue weighted by Gasteiger charge is -2.16. The summed E-state index contributed by atoms with van der Waals surface area (Å²) in [5, 5.41) is 23.7. The van der Waals surface area contributed by atoms with Crippen molar-refractivity contribution in [3.63, 3.8) is 0 Å². The van der Waals surface area contributed by atoms with E-state index < -0.39 is 12.0 Å². The monoisotopic (exact) mass is 419 g/mol. The Kier molecular flexibility index (Phi) is 5.63. The fourth-order valence-electron chi connectivity index (χ4n) is 3.52. The summed E-state index contributed by atoms with van der Waals surface area (Å²) >= 11 is 1.56. The Morgan fingerprint density at radius 1 is 1.13 bits per heavy atom. The van der Waals surface area contributed by atoms with E-state index in [0.29, 0.717) is 12.2 Å². The van der Waals surface area contributed by atoms with Crippen LogP contribution in [0.4, 0.5) is 5.82 Å². The summed E-state index contributed by atoms with van der Waals surface area (Å²) in [5.74, 6) is -0.291.